The molecule has 6 atom stereocenters. The Balaban J connectivity index is 1.43. The maximum atomic E-state index is 13.0. The van der Waals surface area contributed by atoms with Crippen molar-refractivity contribution in [2.24, 2.45) is 11.3 Å². The van der Waals surface area contributed by atoms with E-state index in [1.807, 2.05) is 29.2 Å². The van der Waals surface area contributed by atoms with Crippen LogP contribution in [-0.4, -0.2) is 42.1 Å². The minimum Gasteiger partial charge on any atom is -0.485 e. The Labute approximate surface area is 205 Å². The molecule has 178 valence electrons. The number of rotatable bonds is 5. The summed E-state index contributed by atoms with van der Waals surface area (Å²) in [6.45, 7) is 2.79. The fraction of sp³-hybridized carbons (Fsp3) is 0.448. The van der Waals surface area contributed by atoms with E-state index in [1.54, 1.807) is 14.0 Å². The number of piperidine rings is 1. The van der Waals surface area contributed by atoms with Gasteiger partial charge in [0.05, 0.1) is 17.4 Å². The summed E-state index contributed by atoms with van der Waals surface area (Å²) in [7, 11) is 1.69. The molecule has 0 N–H and O–H groups in total. The minimum atomic E-state index is -0.836. The van der Waals surface area contributed by atoms with Crippen molar-refractivity contribution in [2.75, 3.05) is 13.7 Å². The third kappa shape index (κ3) is 2.31. The third-order valence-corrected chi connectivity index (χ3v) is 9.65. The van der Waals surface area contributed by atoms with E-state index >= 15 is 0 Å². The number of hydrogen-bond acceptors (Lipinski definition) is 6. The molecular weight excluding hydrogens is 440 g/mol. The lowest BCUT2D eigenvalue weighted by Gasteiger charge is -2.70. The maximum Gasteiger partial charge on any atom is 0.179 e. The molecule has 1 saturated carbocycles. The molecule has 2 spiro atoms. The van der Waals surface area contributed by atoms with Crippen molar-refractivity contribution in [1.29, 1.82) is 5.26 Å². The summed E-state index contributed by atoms with van der Waals surface area (Å²) in [4.78, 5) is 14.9. The maximum absolute atomic E-state index is 13.0. The normalized spacial score (nSPS) is 36.8. The van der Waals surface area contributed by atoms with Gasteiger partial charge in [-0.3, -0.25) is 4.79 Å². The topological polar surface area (TPSA) is 71.8 Å². The second-order valence-corrected chi connectivity index (χ2v) is 10.7. The summed E-state index contributed by atoms with van der Waals surface area (Å²) < 4.78 is 19.5. The van der Waals surface area contributed by atoms with E-state index in [-0.39, 0.29) is 34.7 Å². The van der Waals surface area contributed by atoms with Crippen LogP contribution >= 0.6 is 0 Å². The van der Waals surface area contributed by atoms with E-state index in [4.69, 9.17) is 14.2 Å². The van der Waals surface area contributed by atoms with Crippen LogP contribution in [0.2, 0.25) is 0 Å². The standard InChI is InChI=1S/C29H28N2O4/c1-18(32)21-15-27-10-11-29(21,33-2)26-28(27)12-13-31(17-30)23(27)14-20-8-9-22(25(35-26)24(20)28)34-16-19-6-4-3-5-7-19/h3-11,21,23,26H,12-16H2,1-2H3/t21-,23-,26-,27-,28+,29-/m1/s1. The predicted molar refractivity (Wildman–Crippen MR) is 128 cm³/mol. The highest BCUT2D eigenvalue weighted by atomic mass is 16.6. The van der Waals surface area contributed by atoms with Gasteiger partial charge >= 0.3 is 0 Å². The fourth-order valence-electron chi connectivity index (χ4n) is 8.26. The van der Waals surface area contributed by atoms with Crippen LogP contribution in [0, 0.1) is 22.8 Å². The first kappa shape index (κ1) is 21.0. The molecule has 6 heteroatoms. The summed E-state index contributed by atoms with van der Waals surface area (Å²) >= 11 is 0. The molecule has 4 aliphatic carbocycles. The van der Waals surface area contributed by atoms with Gasteiger partial charge in [0.2, 0.25) is 0 Å². The molecule has 6 nitrogen and oxygen atoms in total. The predicted octanol–water partition coefficient (Wildman–Crippen LogP) is 3.93. The first-order valence-electron chi connectivity index (χ1n) is 12.4. The van der Waals surface area contributed by atoms with Crippen molar-refractivity contribution in [2.45, 2.75) is 56.0 Å². The molecule has 0 aromatic heterocycles. The van der Waals surface area contributed by atoms with Gasteiger partial charge in [0.15, 0.2) is 17.7 Å². The first-order chi connectivity index (χ1) is 17.0. The lowest BCUT2D eigenvalue weighted by atomic mass is 9.37. The average molecular weight is 469 g/mol. The van der Waals surface area contributed by atoms with Gasteiger partial charge in [-0.2, -0.15) is 5.26 Å². The largest absolute Gasteiger partial charge is 0.485 e. The Kier molecular flexibility index (Phi) is 4.14. The highest BCUT2D eigenvalue weighted by molar-refractivity contribution is 5.82. The van der Waals surface area contributed by atoms with Crippen LogP contribution in [-0.2, 0) is 28.0 Å². The number of benzene rings is 2. The number of Topliss-reactive ketones (excluding diaryl/α,β-unsaturated/α-hetero) is 1. The average Bonchev–Trinajstić information content (AvgIpc) is 3.25. The van der Waals surface area contributed by atoms with Crippen LogP contribution in [0.4, 0.5) is 0 Å². The number of fused-ring (bicyclic) bond motifs is 1. The highest BCUT2D eigenvalue weighted by Gasteiger charge is 2.79. The lowest BCUT2D eigenvalue weighted by molar-refractivity contribution is -0.210. The smallest absolute Gasteiger partial charge is 0.179 e. The van der Waals surface area contributed by atoms with Gasteiger partial charge in [-0.05, 0) is 43.4 Å². The number of hydrogen-bond donors (Lipinski definition) is 0. The SMILES string of the molecule is CO[C@]12C=C[C@@]3(C[C@@H]1C(C)=O)[C@H]1Cc4ccc(OCc5ccccc5)c5c4[C@@]3(CCN1C#N)[C@H]2O5. The molecule has 0 unspecified atom stereocenters. The van der Waals surface area contributed by atoms with E-state index in [0.29, 0.717) is 19.6 Å². The van der Waals surface area contributed by atoms with Gasteiger partial charge in [-0.1, -0.05) is 48.6 Å². The quantitative estimate of drug-likeness (QED) is 0.489. The van der Waals surface area contributed by atoms with Gasteiger partial charge < -0.3 is 19.1 Å². The zero-order valence-corrected chi connectivity index (χ0v) is 20.0. The Morgan fingerprint density at radius 3 is 2.80 bits per heavy atom. The summed E-state index contributed by atoms with van der Waals surface area (Å²) in [6, 6.07) is 14.3. The van der Waals surface area contributed by atoms with Crippen LogP contribution < -0.4 is 9.47 Å². The Morgan fingerprint density at radius 2 is 2.06 bits per heavy atom. The molecule has 1 saturated heterocycles. The van der Waals surface area contributed by atoms with Gasteiger partial charge in [0.1, 0.15) is 24.1 Å². The zero-order chi connectivity index (χ0) is 24.0. The lowest BCUT2D eigenvalue weighted by Crippen LogP contribution is -2.79. The Hall–Kier alpha value is -3.30. The molecule has 35 heavy (non-hydrogen) atoms. The number of ketones is 1. The second kappa shape index (κ2) is 6.89. The van der Waals surface area contributed by atoms with Crippen LogP contribution in [0.1, 0.15) is 36.5 Å². The van der Waals surface area contributed by atoms with Crippen LogP contribution in [0.25, 0.3) is 0 Å². The number of nitrogens with zero attached hydrogens (tertiary/aromatic N) is 2. The fourth-order valence-corrected chi connectivity index (χ4v) is 8.26. The van der Waals surface area contributed by atoms with Crippen molar-refractivity contribution in [3.8, 4) is 17.7 Å². The number of ether oxygens (including phenoxy) is 3. The van der Waals surface area contributed by atoms with Crippen LogP contribution in [0.5, 0.6) is 11.5 Å². The number of carbonyl (C=O) groups is 1. The molecule has 6 aliphatic rings. The van der Waals surface area contributed by atoms with Gasteiger partial charge in [-0.15, -0.1) is 0 Å². The highest BCUT2D eigenvalue weighted by Crippen LogP contribution is 2.74. The number of likely N-dealkylation sites (tertiary alicyclic amines) is 1. The first-order valence-corrected chi connectivity index (χ1v) is 12.4. The number of methoxy groups -OCH3 is 1. The van der Waals surface area contributed by atoms with E-state index in [2.05, 4.69) is 36.5 Å². The zero-order valence-electron chi connectivity index (χ0n) is 20.0. The molecule has 2 aromatic carbocycles. The van der Waals surface area contributed by atoms with Crippen molar-refractivity contribution in [1.82, 2.24) is 4.90 Å². The van der Waals surface area contributed by atoms with Crippen molar-refractivity contribution in [3.63, 3.8) is 0 Å². The summed E-state index contributed by atoms with van der Waals surface area (Å²) in [5.41, 5.74) is 1.98. The molecule has 4 bridgehead atoms. The van der Waals surface area contributed by atoms with Gasteiger partial charge in [-0.25, -0.2) is 0 Å². The molecule has 2 aromatic rings. The van der Waals surface area contributed by atoms with Crippen LogP contribution in [0.3, 0.4) is 0 Å². The molecule has 0 amide bonds. The minimum absolute atomic E-state index is 0.00450. The van der Waals surface area contributed by atoms with E-state index in [1.165, 1.54) is 11.1 Å². The molecule has 8 rings (SSSR count). The molecule has 2 heterocycles. The van der Waals surface area contributed by atoms with Crippen molar-refractivity contribution >= 4 is 5.78 Å². The van der Waals surface area contributed by atoms with Gasteiger partial charge in [0.25, 0.3) is 0 Å². The van der Waals surface area contributed by atoms with Crippen LogP contribution in [0.15, 0.2) is 54.6 Å². The Morgan fingerprint density at radius 1 is 1.23 bits per heavy atom. The summed E-state index contributed by atoms with van der Waals surface area (Å²) in [5, 5.41) is 10.0. The molecule has 2 fully saturated rings. The van der Waals surface area contributed by atoms with E-state index < -0.39 is 5.60 Å². The summed E-state index contributed by atoms with van der Waals surface area (Å²) in [6.07, 6.45) is 8.69. The summed E-state index contributed by atoms with van der Waals surface area (Å²) in [5.74, 6) is 1.32. The third-order valence-electron chi connectivity index (χ3n) is 9.65. The molecule has 2 aliphatic heterocycles. The van der Waals surface area contributed by atoms with Gasteiger partial charge in [0, 0.05) is 24.6 Å². The monoisotopic (exact) mass is 468 g/mol. The number of carbonyl (C=O) groups excluding carboxylic acids is 1. The Bertz CT molecular complexity index is 1320. The molecular formula is C29H28N2O4. The van der Waals surface area contributed by atoms with E-state index in [0.717, 1.165) is 29.9 Å². The van der Waals surface area contributed by atoms with E-state index in [9.17, 15) is 10.1 Å². The molecule has 0 radical (unpaired) electrons. The van der Waals surface area contributed by atoms with Crippen molar-refractivity contribution < 1.29 is 19.0 Å². The van der Waals surface area contributed by atoms with Crippen molar-refractivity contribution in [3.05, 3.63) is 71.3 Å². The number of nitriles is 1. The second-order valence-electron chi connectivity index (χ2n) is 10.7.